The number of benzene rings is 1. The maximum absolute atomic E-state index is 12.1. The predicted molar refractivity (Wildman–Crippen MR) is 77.1 cm³/mol. The standard InChI is InChI=1S/C16H17N3O/c1-11-6-13(4-5-18-11)16(20)19-8-12-2-3-14-9-17-10-15(14)7-12/h2-7,17H,8-10H2,1H3,(H,19,20). The van der Waals surface area contributed by atoms with Gasteiger partial charge in [-0.3, -0.25) is 9.78 Å². The molecule has 1 aromatic carbocycles. The monoisotopic (exact) mass is 267 g/mol. The number of carbonyl (C=O) groups excluding carboxylic acids is 1. The number of nitrogens with one attached hydrogen (secondary N) is 2. The summed E-state index contributed by atoms with van der Waals surface area (Å²) in [5.74, 6) is -0.0610. The Kier molecular flexibility index (Phi) is 3.48. The summed E-state index contributed by atoms with van der Waals surface area (Å²) in [5.41, 5.74) is 5.31. The van der Waals surface area contributed by atoms with Gasteiger partial charge in [0, 0.05) is 37.1 Å². The highest BCUT2D eigenvalue weighted by Crippen LogP contribution is 2.17. The summed E-state index contributed by atoms with van der Waals surface area (Å²) in [6, 6.07) is 9.89. The zero-order valence-corrected chi connectivity index (χ0v) is 11.4. The quantitative estimate of drug-likeness (QED) is 0.893. The Balaban J connectivity index is 1.66. The summed E-state index contributed by atoms with van der Waals surface area (Å²) < 4.78 is 0. The van der Waals surface area contributed by atoms with Crippen LogP contribution in [0.4, 0.5) is 0 Å². The van der Waals surface area contributed by atoms with Crippen molar-refractivity contribution >= 4 is 5.91 Å². The Labute approximate surface area is 118 Å². The molecule has 0 aliphatic carbocycles. The number of carbonyl (C=O) groups is 1. The lowest BCUT2D eigenvalue weighted by Crippen LogP contribution is -2.23. The van der Waals surface area contributed by atoms with Crippen molar-refractivity contribution in [2.75, 3.05) is 0 Å². The first-order valence-corrected chi connectivity index (χ1v) is 6.74. The van der Waals surface area contributed by atoms with Gasteiger partial charge in [0.1, 0.15) is 0 Å². The summed E-state index contributed by atoms with van der Waals surface area (Å²) in [7, 11) is 0. The molecule has 0 atom stereocenters. The number of aromatic nitrogens is 1. The van der Waals surface area contributed by atoms with Crippen LogP contribution in [0.15, 0.2) is 36.5 Å². The van der Waals surface area contributed by atoms with Crippen molar-refractivity contribution in [2.45, 2.75) is 26.6 Å². The van der Waals surface area contributed by atoms with E-state index in [9.17, 15) is 4.79 Å². The van der Waals surface area contributed by atoms with Crippen molar-refractivity contribution in [3.63, 3.8) is 0 Å². The molecular formula is C16H17N3O. The molecule has 4 nitrogen and oxygen atoms in total. The normalized spacial score (nSPS) is 13.1. The molecule has 0 radical (unpaired) electrons. The second-order valence-corrected chi connectivity index (χ2v) is 5.08. The van der Waals surface area contributed by atoms with Crippen molar-refractivity contribution < 1.29 is 4.79 Å². The fourth-order valence-corrected chi connectivity index (χ4v) is 2.43. The highest BCUT2D eigenvalue weighted by Gasteiger charge is 2.11. The van der Waals surface area contributed by atoms with Crippen LogP contribution in [0.2, 0.25) is 0 Å². The van der Waals surface area contributed by atoms with Gasteiger partial charge < -0.3 is 10.6 Å². The molecule has 0 saturated carbocycles. The topological polar surface area (TPSA) is 54.0 Å². The van der Waals surface area contributed by atoms with Gasteiger partial charge >= 0.3 is 0 Å². The molecule has 2 N–H and O–H groups in total. The molecule has 3 rings (SSSR count). The maximum atomic E-state index is 12.1. The molecule has 0 fully saturated rings. The predicted octanol–water partition coefficient (Wildman–Crippen LogP) is 1.92. The van der Waals surface area contributed by atoms with E-state index in [1.807, 2.05) is 6.92 Å². The Bertz CT molecular complexity index is 652. The smallest absolute Gasteiger partial charge is 0.251 e. The van der Waals surface area contributed by atoms with E-state index in [1.165, 1.54) is 11.1 Å². The fourth-order valence-electron chi connectivity index (χ4n) is 2.43. The minimum atomic E-state index is -0.0610. The van der Waals surface area contributed by atoms with Crippen LogP contribution in [-0.4, -0.2) is 10.9 Å². The van der Waals surface area contributed by atoms with Crippen LogP contribution >= 0.6 is 0 Å². The second kappa shape index (κ2) is 5.43. The number of fused-ring (bicyclic) bond motifs is 1. The van der Waals surface area contributed by atoms with Crippen molar-refractivity contribution in [1.29, 1.82) is 0 Å². The van der Waals surface area contributed by atoms with Gasteiger partial charge in [0.2, 0.25) is 0 Å². The number of pyridine rings is 1. The van der Waals surface area contributed by atoms with E-state index in [4.69, 9.17) is 0 Å². The second-order valence-electron chi connectivity index (χ2n) is 5.08. The summed E-state index contributed by atoms with van der Waals surface area (Å²) in [4.78, 5) is 16.1. The lowest BCUT2D eigenvalue weighted by Gasteiger charge is -2.07. The van der Waals surface area contributed by atoms with E-state index in [2.05, 4.69) is 33.8 Å². The fraction of sp³-hybridized carbons (Fsp3) is 0.250. The number of hydrogen-bond acceptors (Lipinski definition) is 3. The highest BCUT2D eigenvalue weighted by atomic mass is 16.1. The zero-order valence-electron chi connectivity index (χ0n) is 11.4. The van der Waals surface area contributed by atoms with Crippen molar-refractivity contribution in [1.82, 2.24) is 15.6 Å². The van der Waals surface area contributed by atoms with Crippen LogP contribution in [0, 0.1) is 6.92 Å². The van der Waals surface area contributed by atoms with Crippen LogP contribution in [0.1, 0.15) is 32.7 Å². The zero-order chi connectivity index (χ0) is 13.9. The molecule has 1 aliphatic rings. The van der Waals surface area contributed by atoms with E-state index in [0.717, 1.165) is 24.3 Å². The van der Waals surface area contributed by atoms with Crippen LogP contribution < -0.4 is 10.6 Å². The molecule has 2 aromatic rings. The number of nitrogens with zero attached hydrogens (tertiary/aromatic N) is 1. The van der Waals surface area contributed by atoms with Crippen LogP contribution in [0.25, 0.3) is 0 Å². The first-order valence-electron chi connectivity index (χ1n) is 6.74. The van der Waals surface area contributed by atoms with Crippen LogP contribution in [0.3, 0.4) is 0 Å². The van der Waals surface area contributed by atoms with Gasteiger partial charge in [0.15, 0.2) is 0 Å². The number of hydrogen-bond donors (Lipinski definition) is 2. The summed E-state index contributed by atoms with van der Waals surface area (Å²) >= 11 is 0. The molecule has 0 unspecified atom stereocenters. The lowest BCUT2D eigenvalue weighted by molar-refractivity contribution is 0.0950. The van der Waals surface area contributed by atoms with Gasteiger partial charge in [0.05, 0.1) is 0 Å². The first kappa shape index (κ1) is 12.8. The van der Waals surface area contributed by atoms with E-state index in [-0.39, 0.29) is 5.91 Å². The molecule has 20 heavy (non-hydrogen) atoms. The Morgan fingerprint density at radius 3 is 2.95 bits per heavy atom. The van der Waals surface area contributed by atoms with E-state index in [0.29, 0.717) is 12.1 Å². The SMILES string of the molecule is Cc1cc(C(=O)NCc2ccc3c(c2)CNC3)ccn1. The molecule has 0 bridgehead atoms. The largest absolute Gasteiger partial charge is 0.348 e. The number of rotatable bonds is 3. The van der Waals surface area contributed by atoms with Gasteiger partial charge in [-0.05, 0) is 35.7 Å². The number of amides is 1. The van der Waals surface area contributed by atoms with Gasteiger partial charge in [-0.2, -0.15) is 0 Å². The third-order valence-electron chi connectivity index (χ3n) is 3.51. The third-order valence-corrected chi connectivity index (χ3v) is 3.51. The molecule has 4 heteroatoms. The molecule has 102 valence electrons. The molecule has 0 saturated heterocycles. The van der Waals surface area contributed by atoms with Crippen LogP contribution in [-0.2, 0) is 19.6 Å². The van der Waals surface area contributed by atoms with Crippen molar-refractivity contribution in [3.05, 3.63) is 64.5 Å². The average molecular weight is 267 g/mol. The van der Waals surface area contributed by atoms with Gasteiger partial charge in [-0.1, -0.05) is 18.2 Å². The first-order chi connectivity index (χ1) is 9.72. The third kappa shape index (κ3) is 2.70. The Hall–Kier alpha value is -2.20. The van der Waals surface area contributed by atoms with E-state index >= 15 is 0 Å². The molecule has 1 amide bonds. The maximum Gasteiger partial charge on any atom is 0.251 e. The summed E-state index contributed by atoms with van der Waals surface area (Å²) in [6.45, 7) is 4.29. The average Bonchev–Trinajstić information content (AvgIpc) is 2.92. The van der Waals surface area contributed by atoms with E-state index < -0.39 is 0 Å². The molecule has 1 aliphatic heterocycles. The molecule has 2 heterocycles. The minimum absolute atomic E-state index is 0.0610. The highest BCUT2D eigenvalue weighted by molar-refractivity contribution is 5.94. The van der Waals surface area contributed by atoms with Crippen molar-refractivity contribution in [2.24, 2.45) is 0 Å². The van der Waals surface area contributed by atoms with Gasteiger partial charge in [-0.25, -0.2) is 0 Å². The Morgan fingerprint density at radius 1 is 1.25 bits per heavy atom. The molecule has 0 spiro atoms. The van der Waals surface area contributed by atoms with Crippen LogP contribution in [0.5, 0.6) is 0 Å². The summed E-state index contributed by atoms with van der Waals surface area (Å²) in [5, 5.41) is 6.26. The van der Waals surface area contributed by atoms with Crippen molar-refractivity contribution in [3.8, 4) is 0 Å². The van der Waals surface area contributed by atoms with E-state index in [1.54, 1.807) is 18.3 Å². The molecular weight excluding hydrogens is 250 g/mol. The summed E-state index contributed by atoms with van der Waals surface area (Å²) in [6.07, 6.45) is 1.66. The minimum Gasteiger partial charge on any atom is -0.348 e. The molecule has 1 aromatic heterocycles. The lowest BCUT2D eigenvalue weighted by atomic mass is 10.1. The van der Waals surface area contributed by atoms with Gasteiger partial charge in [-0.15, -0.1) is 0 Å². The van der Waals surface area contributed by atoms with Gasteiger partial charge in [0.25, 0.3) is 5.91 Å². The number of aryl methyl sites for hydroxylation is 1. The Morgan fingerprint density at radius 2 is 2.10 bits per heavy atom.